The first-order valence-electron chi connectivity index (χ1n) is 6.35. The summed E-state index contributed by atoms with van der Waals surface area (Å²) in [7, 11) is 1.56. The molecular weight excluding hydrogens is 252 g/mol. The summed E-state index contributed by atoms with van der Waals surface area (Å²) in [6, 6.07) is 16.4. The van der Waals surface area contributed by atoms with E-state index in [1.165, 1.54) is 0 Å². The van der Waals surface area contributed by atoms with Gasteiger partial charge in [0.15, 0.2) is 0 Å². The predicted molar refractivity (Wildman–Crippen MR) is 78.6 cm³/mol. The standard InChI is InChI=1S/C16H16N2O2/c1-17-16(20)13-9-5-6-10-14(13)18-15(19)11-12-7-3-2-4-8-12/h2-10H,11H2,1H3,(H,17,20)(H,18,19). The fourth-order valence-electron chi connectivity index (χ4n) is 1.90. The van der Waals surface area contributed by atoms with Crippen LogP contribution in [0.5, 0.6) is 0 Å². The first-order chi connectivity index (χ1) is 9.70. The Labute approximate surface area is 117 Å². The fraction of sp³-hybridized carbons (Fsp3) is 0.125. The van der Waals surface area contributed by atoms with E-state index in [0.29, 0.717) is 11.3 Å². The van der Waals surface area contributed by atoms with Crippen LogP contribution >= 0.6 is 0 Å². The van der Waals surface area contributed by atoms with Crippen molar-refractivity contribution in [1.82, 2.24) is 5.32 Å². The minimum Gasteiger partial charge on any atom is -0.355 e. The topological polar surface area (TPSA) is 58.2 Å². The van der Waals surface area contributed by atoms with Crippen molar-refractivity contribution in [2.75, 3.05) is 12.4 Å². The van der Waals surface area contributed by atoms with Gasteiger partial charge in [-0.05, 0) is 17.7 Å². The maximum atomic E-state index is 12.0. The minimum atomic E-state index is -0.222. The monoisotopic (exact) mass is 268 g/mol. The zero-order valence-electron chi connectivity index (χ0n) is 11.2. The van der Waals surface area contributed by atoms with Crippen molar-refractivity contribution in [2.45, 2.75) is 6.42 Å². The van der Waals surface area contributed by atoms with E-state index in [-0.39, 0.29) is 18.2 Å². The van der Waals surface area contributed by atoms with E-state index < -0.39 is 0 Å². The molecule has 0 saturated heterocycles. The summed E-state index contributed by atoms with van der Waals surface area (Å²) in [5.41, 5.74) is 1.91. The van der Waals surface area contributed by atoms with E-state index in [1.54, 1.807) is 31.3 Å². The van der Waals surface area contributed by atoms with Crippen molar-refractivity contribution in [3.8, 4) is 0 Å². The van der Waals surface area contributed by atoms with Gasteiger partial charge in [-0.25, -0.2) is 0 Å². The molecule has 2 aromatic rings. The Kier molecular flexibility index (Phi) is 4.50. The van der Waals surface area contributed by atoms with Gasteiger partial charge in [-0.15, -0.1) is 0 Å². The number of nitrogens with one attached hydrogen (secondary N) is 2. The summed E-state index contributed by atoms with van der Waals surface area (Å²) in [6.45, 7) is 0. The summed E-state index contributed by atoms with van der Waals surface area (Å²) >= 11 is 0. The maximum Gasteiger partial charge on any atom is 0.253 e. The first-order valence-corrected chi connectivity index (χ1v) is 6.35. The zero-order valence-corrected chi connectivity index (χ0v) is 11.2. The van der Waals surface area contributed by atoms with Crippen molar-refractivity contribution in [1.29, 1.82) is 0 Å². The van der Waals surface area contributed by atoms with Gasteiger partial charge in [-0.3, -0.25) is 9.59 Å². The fourth-order valence-corrected chi connectivity index (χ4v) is 1.90. The average Bonchev–Trinajstić information content (AvgIpc) is 2.48. The van der Waals surface area contributed by atoms with Gasteiger partial charge in [0, 0.05) is 7.05 Å². The summed E-state index contributed by atoms with van der Waals surface area (Å²) in [5.74, 6) is -0.367. The molecule has 0 heterocycles. The molecule has 0 atom stereocenters. The van der Waals surface area contributed by atoms with E-state index in [2.05, 4.69) is 10.6 Å². The zero-order chi connectivity index (χ0) is 14.4. The second-order valence-corrected chi connectivity index (χ2v) is 4.34. The van der Waals surface area contributed by atoms with Crippen LogP contribution in [0.4, 0.5) is 5.69 Å². The average molecular weight is 268 g/mol. The van der Waals surface area contributed by atoms with E-state index in [1.807, 2.05) is 30.3 Å². The third kappa shape index (κ3) is 3.45. The number of amides is 2. The van der Waals surface area contributed by atoms with Crippen LogP contribution in [0, 0.1) is 0 Å². The number of hydrogen-bond donors (Lipinski definition) is 2. The Balaban J connectivity index is 2.10. The van der Waals surface area contributed by atoms with Crippen molar-refractivity contribution < 1.29 is 9.59 Å². The van der Waals surface area contributed by atoms with Crippen LogP contribution in [0.2, 0.25) is 0 Å². The minimum absolute atomic E-state index is 0.146. The van der Waals surface area contributed by atoms with Crippen molar-refractivity contribution in [3.05, 3.63) is 65.7 Å². The van der Waals surface area contributed by atoms with E-state index >= 15 is 0 Å². The molecule has 4 heteroatoms. The van der Waals surface area contributed by atoms with Crippen molar-refractivity contribution >= 4 is 17.5 Å². The number of carbonyl (C=O) groups is 2. The summed E-state index contributed by atoms with van der Waals surface area (Å²) in [5, 5.41) is 5.33. The molecule has 102 valence electrons. The molecule has 20 heavy (non-hydrogen) atoms. The molecule has 0 aliphatic rings. The molecule has 2 N–H and O–H groups in total. The van der Waals surface area contributed by atoms with Gasteiger partial charge in [0.05, 0.1) is 17.7 Å². The third-order valence-corrected chi connectivity index (χ3v) is 2.88. The lowest BCUT2D eigenvalue weighted by Crippen LogP contribution is -2.22. The number of para-hydroxylation sites is 1. The molecular formula is C16H16N2O2. The number of hydrogen-bond acceptors (Lipinski definition) is 2. The van der Waals surface area contributed by atoms with Gasteiger partial charge in [-0.1, -0.05) is 42.5 Å². The highest BCUT2D eigenvalue weighted by Gasteiger charge is 2.11. The molecule has 0 aliphatic carbocycles. The second-order valence-electron chi connectivity index (χ2n) is 4.34. The Morgan fingerprint density at radius 1 is 0.950 bits per heavy atom. The lowest BCUT2D eigenvalue weighted by atomic mass is 10.1. The second kappa shape index (κ2) is 6.52. The van der Waals surface area contributed by atoms with Crippen LogP contribution in [0.1, 0.15) is 15.9 Å². The molecule has 0 aliphatic heterocycles. The Bertz CT molecular complexity index is 609. The molecule has 0 unspecified atom stereocenters. The van der Waals surface area contributed by atoms with Crippen molar-refractivity contribution in [3.63, 3.8) is 0 Å². The normalized spacial score (nSPS) is 9.85. The van der Waals surface area contributed by atoms with Crippen LogP contribution in [-0.4, -0.2) is 18.9 Å². The lowest BCUT2D eigenvalue weighted by molar-refractivity contribution is -0.115. The molecule has 2 amide bonds. The van der Waals surface area contributed by atoms with Crippen LogP contribution in [0.3, 0.4) is 0 Å². The molecule has 0 spiro atoms. The highest BCUT2D eigenvalue weighted by molar-refractivity contribution is 6.03. The first kappa shape index (κ1) is 13.8. The maximum absolute atomic E-state index is 12.0. The number of anilines is 1. The predicted octanol–water partition coefficient (Wildman–Crippen LogP) is 2.23. The van der Waals surface area contributed by atoms with Crippen LogP contribution in [0.15, 0.2) is 54.6 Å². The van der Waals surface area contributed by atoms with Gasteiger partial charge >= 0.3 is 0 Å². The van der Waals surface area contributed by atoms with Gasteiger partial charge < -0.3 is 10.6 Å². The number of carbonyl (C=O) groups excluding carboxylic acids is 2. The smallest absolute Gasteiger partial charge is 0.253 e. The van der Waals surface area contributed by atoms with Gasteiger partial charge in [0.2, 0.25) is 5.91 Å². The van der Waals surface area contributed by atoms with Crippen molar-refractivity contribution in [2.24, 2.45) is 0 Å². The molecule has 0 radical (unpaired) electrons. The number of benzene rings is 2. The third-order valence-electron chi connectivity index (χ3n) is 2.88. The molecule has 4 nitrogen and oxygen atoms in total. The molecule has 0 fully saturated rings. The van der Waals surface area contributed by atoms with Gasteiger partial charge in [0.25, 0.3) is 5.91 Å². The van der Waals surface area contributed by atoms with E-state index in [4.69, 9.17) is 0 Å². The summed E-state index contributed by atoms with van der Waals surface area (Å²) in [4.78, 5) is 23.7. The van der Waals surface area contributed by atoms with Crippen LogP contribution in [-0.2, 0) is 11.2 Å². The highest BCUT2D eigenvalue weighted by Crippen LogP contribution is 2.15. The Morgan fingerprint density at radius 3 is 2.30 bits per heavy atom. The lowest BCUT2D eigenvalue weighted by Gasteiger charge is -2.10. The molecule has 2 aromatic carbocycles. The SMILES string of the molecule is CNC(=O)c1ccccc1NC(=O)Cc1ccccc1. The summed E-state index contributed by atoms with van der Waals surface area (Å²) < 4.78 is 0. The van der Waals surface area contributed by atoms with E-state index in [9.17, 15) is 9.59 Å². The number of rotatable bonds is 4. The largest absolute Gasteiger partial charge is 0.355 e. The molecule has 0 bridgehead atoms. The Hall–Kier alpha value is -2.62. The quantitative estimate of drug-likeness (QED) is 0.893. The molecule has 0 saturated carbocycles. The van der Waals surface area contributed by atoms with Crippen LogP contribution < -0.4 is 10.6 Å². The molecule has 2 rings (SSSR count). The Morgan fingerprint density at radius 2 is 1.60 bits per heavy atom. The van der Waals surface area contributed by atoms with Gasteiger partial charge in [0.1, 0.15) is 0 Å². The highest BCUT2D eigenvalue weighted by atomic mass is 16.2. The van der Waals surface area contributed by atoms with Gasteiger partial charge in [-0.2, -0.15) is 0 Å². The molecule has 0 aromatic heterocycles. The van der Waals surface area contributed by atoms with E-state index in [0.717, 1.165) is 5.56 Å². The van der Waals surface area contributed by atoms with Crippen LogP contribution in [0.25, 0.3) is 0 Å². The summed E-state index contributed by atoms with van der Waals surface area (Å²) in [6.07, 6.45) is 0.281.